The number of halogens is 1. The van der Waals surface area contributed by atoms with Gasteiger partial charge in [0.25, 0.3) is 0 Å². The van der Waals surface area contributed by atoms with Crippen LogP contribution in [0.5, 0.6) is 0 Å². The molecule has 0 radical (unpaired) electrons. The van der Waals surface area contributed by atoms with Crippen molar-refractivity contribution in [3.63, 3.8) is 0 Å². The lowest BCUT2D eigenvalue weighted by molar-refractivity contribution is -0.105. The molecule has 0 saturated carbocycles. The molecule has 3 nitrogen and oxygen atoms in total. The smallest absolute Gasteiger partial charge is 0.123 e. The first-order valence-electron chi connectivity index (χ1n) is 5.47. The summed E-state index contributed by atoms with van der Waals surface area (Å²) < 4.78 is 17.8. The molecule has 1 aromatic rings. The van der Waals surface area contributed by atoms with E-state index in [0.29, 0.717) is 6.54 Å². The minimum atomic E-state index is -0.199. The third kappa shape index (κ3) is 2.58. The van der Waals surface area contributed by atoms with E-state index in [2.05, 4.69) is 5.32 Å². The molecule has 0 unspecified atom stereocenters. The zero-order chi connectivity index (χ0) is 11.4. The molecule has 1 aliphatic heterocycles. The molecule has 0 aliphatic carbocycles. The molecule has 0 bridgehead atoms. The normalized spacial score (nSPS) is 18.1. The van der Waals surface area contributed by atoms with Gasteiger partial charge in [-0.3, -0.25) is 0 Å². The van der Waals surface area contributed by atoms with Gasteiger partial charge in [-0.05, 0) is 17.7 Å². The Morgan fingerprint density at radius 2 is 2.00 bits per heavy atom. The summed E-state index contributed by atoms with van der Waals surface area (Å²) in [5, 5.41) is 3.33. The van der Waals surface area contributed by atoms with E-state index < -0.39 is 0 Å². The first-order valence-corrected chi connectivity index (χ1v) is 5.47. The third-order valence-electron chi connectivity index (χ3n) is 2.99. The molecule has 4 heteroatoms. The maximum atomic E-state index is 12.7. The van der Waals surface area contributed by atoms with Gasteiger partial charge in [-0.25, -0.2) is 4.39 Å². The van der Waals surface area contributed by atoms with Crippen molar-refractivity contribution < 1.29 is 9.13 Å². The van der Waals surface area contributed by atoms with Gasteiger partial charge in [-0.1, -0.05) is 12.1 Å². The van der Waals surface area contributed by atoms with Gasteiger partial charge >= 0.3 is 0 Å². The fourth-order valence-electron chi connectivity index (χ4n) is 1.76. The highest BCUT2D eigenvalue weighted by Gasteiger charge is 2.36. The average molecular weight is 224 g/mol. The Hall–Kier alpha value is -0.970. The first-order chi connectivity index (χ1) is 7.74. The van der Waals surface area contributed by atoms with E-state index in [1.54, 1.807) is 12.1 Å². The van der Waals surface area contributed by atoms with Crippen LogP contribution in [0.3, 0.4) is 0 Å². The Bertz CT molecular complexity index is 330. The van der Waals surface area contributed by atoms with E-state index in [1.807, 2.05) is 0 Å². The molecule has 3 N–H and O–H groups in total. The van der Waals surface area contributed by atoms with E-state index in [1.165, 1.54) is 12.1 Å². The number of nitrogens with two attached hydrogens (primary N) is 1. The van der Waals surface area contributed by atoms with Crippen LogP contribution in [-0.2, 0) is 11.3 Å². The molecule has 2 rings (SSSR count). The monoisotopic (exact) mass is 224 g/mol. The van der Waals surface area contributed by atoms with Gasteiger partial charge in [0.05, 0.1) is 13.2 Å². The summed E-state index contributed by atoms with van der Waals surface area (Å²) in [6, 6.07) is 6.52. The molecule has 0 spiro atoms. The Balaban J connectivity index is 1.77. The molecule has 0 atom stereocenters. The van der Waals surface area contributed by atoms with Gasteiger partial charge in [0.15, 0.2) is 0 Å². The van der Waals surface area contributed by atoms with Crippen LogP contribution < -0.4 is 11.1 Å². The summed E-state index contributed by atoms with van der Waals surface area (Å²) in [4.78, 5) is 0. The van der Waals surface area contributed by atoms with Crippen molar-refractivity contribution in [1.29, 1.82) is 0 Å². The van der Waals surface area contributed by atoms with Gasteiger partial charge < -0.3 is 15.8 Å². The maximum Gasteiger partial charge on any atom is 0.123 e. The highest BCUT2D eigenvalue weighted by molar-refractivity contribution is 5.15. The quantitative estimate of drug-likeness (QED) is 0.781. The molecule has 1 fully saturated rings. The number of rotatable bonds is 5. The van der Waals surface area contributed by atoms with Crippen LogP contribution in [0.1, 0.15) is 5.56 Å². The largest absolute Gasteiger partial charge is 0.380 e. The predicted octanol–water partition coefficient (Wildman–Crippen LogP) is 0.891. The van der Waals surface area contributed by atoms with Crippen LogP contribution in [0.15, 0.2) is 24.3 Å². The Labute approximate surface area is 94.8 Å². The Morgan fingerprint density at radius 3 is 2.50 bits per heavy atom. The molecule has 1 saturated heterocycles. The molecule has 88 valence electrons. The molecule has 1 heterocycles. The van der Waals surface area contributed by atoms with E-state index >= 15 is 0 Å². The van der Waals surface area contributed by atoms with Crippen LogP contribution in [0.25, 0.3) is 0 Å². The van der Waals surface area contributed by atoms with Crippen molar-refractivity contribution in [3.05, 3.63) is 35.6 Å². The predicted molar refractivity (Wildman–Crippen MR) is 60.4 cm³/mol. The van der Waals surface area contributed by atoms with Crippen molar-refractivity contribution in [2.45, 2.75) is 6.54 Å². The van der Waals surface area contributed by atoms with E-state index in [-0.39, 0.29) is 11.2 Å². The number of ether oxygens (including phenoxy) is 1. The summed E-state index contributed by atoms with van der Waals surface area (Å²) >= 11 is 0. The number of hydrogen-bond donors (Lipinski definition) is 2. The lowest BCUT2D eigenvalue weighted by atomic mass is 9.86. The third-order valence-corrected chi connectivity index (χ3v) is 2.99. The summed E-state index contributed by atoms with van der Waals surface area (Å²) in [6.07, 6.45) is 0. The van der Waals surface area contributed by atoms with Gasteiger partial charge in [0.1, 0.15) is 5.82 Å². The molecule has 16 heavy (non-hydrogen) atoms. The first kappa shape index (κ1) is 11.5. The topological polar surface area (TPSA) is 47.3 Å². The Kier molecular flexibility index (Phi) is 3.53. The van der Waals surface area contributed by atoms with Crippen LogP contribution in [0.2, 0.25) is 0 Å². The summed E-state index contributed by atoms with van der Waals surface area (Å²) in [5.74, 6) is -0.199. The molecule has 1 aliphatic rings. The number of nitrogens with one attached hydrogen (secondary N) is 1. The average Bonchev–Trinajstić information content (AvgIpc) is 2.25. The molecule has 0 amide bonds. The van der Waals surface area contributed by atoms with Gasteiger partial charge in [-0.2, -0.15) is 0 Å². The zero-order valence-corrected chi connectivity index (χ0v) is 9.21. The SMILES string of the molecule is NCC1(CNCc2ccc(F)cc2)COC1. The van der Waals surface area contributed by atoms with Crippen LogP contribution in [0, 0.1) is 11.2 Å². The molecular weight excluding hydrogens is 207 g/mol. The molecular formula is C12H17FN2O. The van der Waals surface area contributed by atoms with Gasteiger partial charge in [-0.15, -0.1) is 0 Å². The van der Waals surface area contributed by atoms with Crippen molar-refractivity contribution in [2.75, 3.05) is 26.3 Å². The minimum absolute atomic E-state index is 0.111. The fraction of sp³-hybridized carbons (Fsp3) is 0.500. The molecule has 0 aromatic heterocycles. The standard InChI is InChI=1S/C12H17FN2O/c13-11-3-1-10(2-4-11)5-15-7-12(6-14)8-16-9-12/h1-4,15H,5-9,14H2. The lowest BCUT2D eigenvalue weighted by Crippen LogP contribution is -2.54. The van der Waals surface area contributed by atoms with Gasteiger partial charge in [0, 0.05) is 25.0 Å². The second-order valence-electron chi connectivity index (χ2n) is 4.43. The van der Waals surface area contributed by atoms with E-state index in [9.17, 15) is 4.39 Å². The van der Waals surface area contributed by atoms with E-state index in [0.717, 1.165) is 31.9 Å². The van der Waals surface area contributed by atoms with Crippen molar-refractivity contribution in [1.82, 2.24) is 5.32 Å². The maximum absolute atomic E-state index is 12.7. The number of benzene rings is 1. The molecule has 1 aromatic carbocycles. The van der Waals surface area contributed by atoms with Crippen LogP contribution in [0.4, 0.5) is 4.39 Å². The second-order valence-corrected chi connectivity index (χ2v) is 4.43. The minimum Gasteiger partial charge on any atom is -0.380 e. The summed E-state index contributed by atoms with van der Waals surface area (Å²) in [7, 11) is 0. The van der Waals surface area contributed by atoms with Gasteiger partial charge in [0.2, 0.25) is 0 Å². The lowest BCUT2D eigenvalue weighted by Gasteiger charge is -2.40. The Morgan fingerprint density at radius 1 is 1.31 bits per heavy atom. The van der Waals surface area contributed by atoms with Crippen molar-refractivity contribution in [2.24, 2.45) is 11.1 Å². The zero-order valence-electron chi connectivity index (χ0n) is 9.21. The summed E-state index contributed by atoms with van der Waals surface area (Å²) in [6.45, 7) is 3.70. The van der Waals surface area contributed by atoms with E-state index in [4.69, 9.17) is 10.5 Å². The second kappa shape index (κ2) is 4.91. The fourth-order valence-corrected chi connectivity index (χ4v) is 1.76. The highest BCUT2D eigenvalue weighted by Crippen LogP contribution is 2.24. The number of hydrogen-bond acceptors (Lipinski definition) is 3. The van der Waals surface area contributed by atoms with Crippen molar-refractivity contribution >= 4 is 0 Å². The van der Waals surface area contributed by atoms with Crippen molar-refractivity contribution in [3.8, 4) is 0 Å². The van der Waals surface area contributed by atoms with Crippen LogP contribution in [-0.4, -0.2) is 26.3 Å². The van der Waals surface area contributed by atoms with Crippen LogP contribution >= 0.6 is 0 Å². The summed E-state index contributed by atoms with van der Waals surface area (Å²) in [5.41, 5.74) is 6.89. The highest BCUT2D eigenvalue weighted by atomic mass is 19.1.